The summed E-state index contributed by atoms with van der Waals surface area (Å²) in [5, 5.41) is 11.3. The van der Waals surface area contributed by atoms with Crippen LogP contribution < -0.4 is 10.1 Å². The highest BCUT2D eigenvalue weighted by atomic mass is 16.9. The summed E-state index contributed by atoms with van der Waals surface area (Å²) in [5.74, 6) is 0.818. The van der Waals surface area contributed by atoms with Crippen LogP contribution in [0.2, 0.25) is 0 Å². The zero-order valence-electron chi connectivity index (χ0n) is 13.4. The molecule has 7 heteroatoms. The minimum Gasteiger partial charge on any atom is -0.495 e. The van der Waals surface area contributed by atoms with E-state index >= 15 is 0 Å². The Balaban J connectivity index is 2.05. The van der Waals surface area contributed by atoms with Crippen molar-refractivity contribution in [3.05, 3.63) is 45.9 Å². The zero-order valence-corrected chi connectivity index (χ0v) is 13.4. The van der Waals surface area contributed by atoms with Crippen molar-refractivity contribution in [3.8, 4) is 5.75 Å². The molecule has 0 atom stereocenters. The van der Waals surface area contributed by atoms with Crippen molar-refractivity contribution in [3.63, 3.8) is 0 Å². The first kappa shape index (κ1) is 16.8. The van der Waals surface area contributed by atoms with Gasteiger partial charge in [0.1, 0.15) is 5.75 Å². The molecule has 2 aromatic rings. The molecular weight excluding hydrogens is 298 g/mol. The minimum absolute atomic E-state index is 0.147. The highest BCUT2D eigenvalue weighted by Gasteiger charge is 2.04. The molecule has 0 aliphatic heterocycles. The molecule has 0 saturated carbocycles. The van der Waals surface area contributed by atoms with Gasteiger partial charge in [0, 0.05) is 25.2 Å². The van der Waals surface area contributed by atoms with Crippen molar-refractivity contribution >= 4 is 10.9 Å². The number of aryl methyl sites for hydroxylation is 1. The van der Waals surface area contributed by atoms with Crippen molar-refractivity contribution in [2.24, 2.45) is 12.0 Å². The molecule has 124 valence electrons. The quantitative estimate of drug-likeness (QED) is 0.425. The third-order valence-corrected chi connectivity index (χ3v) is 3.58. The van der Waals surface area contributed by atoms with Crippen molar-refractivity contribution < 1.29 is 14.7 Å². The van der Waals surface area contributed by atoms with Crippen LogP contribution in [0.5, 0.6) is 5.75 Å². The number of para-hydroxylation sites is 1. The van der Waals surface area contributed by atoms with Gasteiger partial charge < -0.3 is 14.1 Å². The lowest BCUT2D eigenvalue weighted by Crippen LogP contribution is -2.09. The van der Waals surface area contributed by atoms with E-state index in [4.69, 9.17) is 4.74 Å². The number of ether oxygens (including phenoxy) is 1. The van der Waals surface area contributed by atoms with Crippen LogP contribution in [0.4, 0.5) is 0 Å². The van der Waals surface area contributed by atoms with Crippen molar-refractivity contribution in [1.82, 2.24) is 4.57 Å². The molecule has 0 N–H and O–H groups in total. The number of methoxy groups -OCH3 is 1. The van der Waals surface area contributed by atoms with Gasteiger partial charge in [-0.25, -0.2) is 0 Å². The number of hydrogen-bond acceptors (Lipinski definition) is 5. The summed E-state index contributed by atoms with van der Waals surface area (Å²) in [7, 11) is 3.63. The van der Waals surface area contributed by atoms with E-state index in [9.17, 15) is 10.1 Å². The standard InChI is InChI=1S/C16H21N3O4/c1-18-11-9-14(13-7-6-8-15(22-2)16(13)18)17-10-4-3-5-12-23-19(20)21/h6-9,11H,3-5,10,12H2,1-2H3. The molecule has 0 saturated heterocycles. The van der Waals surface area contributed by atoms with Gasteiger partial charge in [-0.1, -0.05) is 12.1 Å². The molecule has 2 rings (SSSR count). The fourth-order valence-electron chi connectivity index (χ4n) is 2.47. The van der Waals surface area contributed by atoms with Crippen molar-refractivity contribution in [1.29, 1.82) is 0 Å². The van der Waals surface area contributed by atoms with E-state index in [0.29, 0.717) is 13.0 Å². The summed E-state index contributed by atoms with van der Waals surface area (Å²) in [4.78, 5) is 18.9. The molecule has 0 radical (unpaired) electrons. The Bertz CT molecular complexity index is 740. The largest absolute Gasteiger partial charge is 0.495 e. The number of hydrogen-bond donors (Lipinski definition) is 0. The topological polar surface area (TPSA) is 78.9 Å². The zero-order chi connectivity index (χ0) is 16.7. The summed E-state index contributed by atoms with van der Waals surface area (Å²) in [5.41, 5.74) is 1.01. The molecule has 0 bridgehead atoms. The molecule has 1 aromatic carbocycles. The lowest BCUT2D eigenvalue weighted by molar-refractivity contribution is -0.757. The molecule has 7 nitrogen and oxygen atoms in total. The summed E-state index contributed by atoms with van der Waals surface area (Å²) in [6.45, 7) is 0.826. The molecule has 0 aliphatic carbocycles. The fraction of sp³-hybridized carbons (Fsp3) is 0.438. The smallest absolute Gasteiger partial charge is 0.294 e. The van der Waals surface area contributed by atoms with Crippen LogP contribution >= 0.6 is 0 Å². The maximum atomic E-state index is 10.0. The summed E-state index contributed by atoms with van der Waals surface area (Å²) >= 11 is 0. The molecule has 0 spiro atoms. The number of pyridine rings is 1. The SMILES string of the molecule is COc1cccc2c(=NCCCCCO[N+](=O)[O-])ccn(C)c12. The second kappa shape index (κ2) is 8.17. The molecule has 1 heterocycles. The third kappa shape index (κ3) is 4.45. The predicted molar refractivity (Wildman–Crippen MR) is 86.7 cm³/mol. The van der Waals surface area contributed by atoms with Crippen LogP contribution in [0.15, 0.2) is 35.5 Å². The van der Waals surface area contributed by atoms with Gasteiger partial charge in [-0.05, 0) is 31.4 Å². The van der Waals surface area contributed by atoms with E-state index in [2.05, 4.69) is 9.83 Å². The van der Waals surface area contributed by atoms with E-state index in [1.165, 1.54) is 0 Å². The highest BCUT2D eigenvalue weighted by Crippen LogP contribution is 2.22. The first-order valence-corrected chi connectivity index (χ1v) is 7.53. The molecule has 1 aromatic heterocycles. The normalized spacial score (nSPS) is 11.7. The maximum absolute atomic E-state index is 10.0. The average Bonchev–Trinajstić information content (AvgIpc) is 2.55. The van der Waals surface area contributed by atoms with E-state index in [1.807, 2.05) is 42.1 Å². The van der Waals surface area contributed by atoms with Crippen LogP contribution in [0.3, 0.4) is 0 Å². The maximum Gasteiger partial charge on any atom is 0.294 e. The summed E-state index contributed by atoms with van der Waals surface area (Å²) < 4.78 is 7.44. The molecule has 0 unspecified atom stereocenters. The van der Waals surface area contributed by atoms with Gasteiger partial charge in [0.25, 0.3) is 5.09 Å². The monoisotopic (exact) mass is 319 g/mol. The Kier molecular flexibility index (Phi) is 5.96. The third-order valence-electron chi connectivity index (χ3n) is 3.58. The molecule has 0 amide bonds. The fourth-order valence-corrected chi connectivity index (χ4v) is 2.47. The van der Waals surface area contributed by atoms with Gasteiger partial charge in [-0.15, -0.1) is 10.1 Å². The Morgan fingerprint density at radius 2 is 2.09 bits per heavy atom. The number of benzene rings is 1. The lowest BCUT2D eigenvalue weighted by Gasteiger charge is -2.10. The van der Waals surface area contributed by atoms with Crippen LogP contribution in [-0.2, 0) is 11.9 Å². The molecule has 0 fully saturated rings. The van der Waals surface area contributed by atoms with Crippen LogP contribution in [0.1, 0.15) is 19.3 Å². The van der Waals surface area contributed by atoms with Crippen LogP contribution in [-0.4, -0.2) is 29.9 Å². The second-order valence-electron chi connectivity index (χ2n) is 5.17. The van der Waals surface area contributed by atoms with E-state index in [0.717, 1.165) is 34.9 Å². The first-order chi connectivity index (χ1) is 11.1. The lowest BCUT2D eigenvalue weighted by atomic mass is 10.2. The summed E-state index contributed by atoms with van der Waals surface area (Å²) in [6.07, 6.45) is 4.34. The highest BCUT2D eigenvalue weighted by molar-refractivity contribution is 5.84. The van der Waals surface area contributed by atoms with Gasteiger partial charge in [0.2, 0.25) is 0 Å². The van der Waals surface area contributed by atoms with Crippen LogP contribution in [0.25, 0.3) is 10.9 Å². The minimum atomic E-state index is -0.756. The number of unbranched alkanes of at least 4 members (excludes halogenated alkanes) is 2. The van der Waals surface area contributed by atoms with Gasteiger partial charge in [-0.3, -0.25) is 4.99 Å². The Morgan fingerprint density at radius 1 is 1.26 bits per heavy atom. The number of aromatic nitrogens is 1. The predicted octanol–water partition coefficient (Wildman–Crippen LogP) is 2.47. The van der Waals surface area contributed by atoms with Gasteiger partial charge in [-0.2, -0.15) is 0 Å². The Hall–Kier alpha value is -2.57. The van der Waals surface area contributed by atoms with Crippen molar-refractivity contribution in [2.75, 3.05) is 20.3 Å². The second-order valence-corrected chi connectivity index (χ2v) is 5.17. The number of nitrogens with zero attached hydrogens (tertiary/aromatic N) is 3. The van der Waals surface area contributed by atoms with Gasteiger partial charge >= 0.3 is 0 Å². The number of fused-ring (bicyclic) bond motifs is 1. The molecule has 0 aliphatic rings. The Labute approximate surface area is 134 Å². The Morgan fingerprint density at radius 3 is 2.83 bits per heavy atom. The van der Waals surface area contributed by atoms with E-state index in [-0.39, 0.29) is 6.61 Å². The molecule has 23 heavy (non-hydrogen) atoms. The van der Waals surface area contributed by atoms with Gasteiger partial charge in [0.05, 0.1) is 24.6 Å². The van der Waals surface area contributed by atoms with Crippen molar-refractivity contribution in [2.45, 2.75) is 19.3 Å². The van der Waals surface area contributed by atoms with Crippen LogP contribution in [0, 0.1) is 10.1 Å². The first-order valence-electron chi connectivity index (χ1n) is 7.53. The number of rotatable bonds is 8. The average molecular weight is 319 g/mol. The van der Waals surface area contributed by atoms with E-state index < -0.39 is 5.09 Å². The van der Waals surface area contributed by atoms with Gasteiger partial charge in [0.15, 0.2) is 0 Å². The summed E-state index contributed by atoms with van der Waals surface area (Å²) in [6, 6.07) is 7.90. The van der Waals surface area contributed by atoms with E-state index in [1.54, 1.807) is 7.11 Å². The molecular formula is C16H21N3O4.